The number of hydrogen-bond acceptors (Lipinski definition) is 2. The molecule has 0 spiro atoms. The van der Waals surface area contributed by atoms with E-state index in [0.29, 0.717) is 12.2 Å². The molecule has 0 bridgehead atoms. The Labute approximate surface area is 116 Å². The highest BCUT2D eigenvalue weighted by Gasteiger charge is 2.37. The fourth-order valence-corrected chi connectivity index (χ4v) is 3.18. The Hall–Kier alpha value is -1.15. The molecule has 1 aromatic carbocycles. The number of carbonyl (C=O) groups excluding carboxylic acids is 1. The zero-order chi connectivity index (χ0) is 13.7. The van der Waals surface area contributed by atoms with Gasteiger partial charge in [0.2, 0.25) is 0 Å². The van der Waals surface area contributed by atoms with Crippen molar-refractivity contribution in [2.45, 2.75) is 57.5 Å². The van der Waals surface area contributed by atoms with Crippen LogP contribution < -0.4 is 0 Å². The maximum Gasteiger partial charge on any atom is 0.145 e. The molecular formula is C17H24O2. The van der Waals surface area contributed by atoms with Crippen LogP contribution in [0.25, 0.3) is 0 Å². The molecule has 1 saturated heterocycles. The van der Waals surface area contributed by atoms with Crippen LogP contribution in [-0.2, 0) is 14.9 Å². The average molecular weight is 260 g/mol. The molecule has 0 aliphatic carbocycles. The predicted molar refractivity (Wildman–Crippen MR) is 77.3 cm³/mol. The lowest BCUT2D eigenvalue weighted by atomic mass is 9.71. The van der Waals surface area contributed by atoms with Crippen LogP contribution >= 0.6 is 0 Å². The van der Waals surface area contributed by atoms with E-state index < -0.39 is 0 Å². The number of rotatable bonds is 6. The topological polar surface area (TPSA) is 26.3 Å². The second-order valence-electron chi connectivity index (χ2n) is 5.42. The molecule has 0 aromatic heterocycles. The summed E-state index contributed by atoms with van der Waals surface area (Å²) in [5.41, 5.74) is 0.829. The van der Waals surface area contributed by atoms with E-state index >= 15 is 0 Å². The van der Waals surface area contributed by atoms with Gasteiger partial charge in [-0.1, -0.05) is 44.2 Å². The Kier molecular flexibility index (Phi) is 4.76. The molecule has 1 aliphatic heterocycles. The van der Waals surface area contributed by atoms with E-state index in [0.717, 1.165) is 37.9 Å². The summed E-state index contributed by atoms with van der Waals surface area (Å²) in [6.45, 7) is 5.04. The van der Waals surface area contributed by atoms with E-state index in [9.17, 15) is 4.79 Å². The summed E-state index contributed by atoms with van der Waals surface area (Å²) in [6.07, 6.45) is 4.56. The molecule has 2 heteroatoms. The molecule has 1 heterocycles. The fraction of sp³-hybridized carbons (Fsp3) is 0.588. The van der Waals surface area contributed by atoms with Gasteiger partial charge in [-0.25, -0.2) is 0 Å². The molecule has 19 heavy (non-hydrogen) atoms. The SMILES string of the molecule is CCC(CC)(C(=O)CC1CCCO1)c1ccccc1. The summed E-state index contributed by atoms with van der Waals surface area (Å²) < 4.78 is 5.62. The normalized spacial score (nSPS) is 19.6. The largest absolute Gasteiger partial charge is 0.378 e. The number of ether oxygens (including phenoxy) is 1. The zero-order valence-electron chi connectivity index (χ0n) is 12.0. The Balaban J connectivity index is 2.20. The van der Waals surface area contributed by atoms with Crippen molar-refractivity contribution in [1.82, 2.24) is 0 Å². The Morgan fingerprint density at radius 2 is 1.95 bits per heavy atom. The highest BCUT2D eigenvalue weighted by atomic mass is 16.5. The van der Waals surface area contributed by atoms with Crippen LogP contribution in [0.2, 0.25) is 0 Å². The molecule has 1 aliphatic rings. The highest BCUT2D eigenvalue weighted by molar-refractivity contribution is 5.90. The molecular weight excluding hydrogens is 236 g/mol. The zero-order valence-corrected chi connectivity index (χ0v) is 12.0. The Morgan fingerprint density at radius 1 is 1.26 bits per heavy atom. The smallest absolute Gasteiger partial charge is 0.145 e. The fourth-order valence-electron chi connectivity index (χ4n) is 3.18. The highest BCUT2D eigenvalue weighted by Crippen LogP contribution is 2.35. The lowest BCUT2D eigenvalue weighted by Crippen LogP contribution is -2.36. The standard InChI is InChI=1S/C17H24O2/c1-3-17(4-2,14-9-6-5-7-10-14)16(18)13-15-11-8-12-19-15/h5-7,9-10,15H,3-4,8,11-13H2,1-2H3. The summed E-state index contributed by atoms with van der Waals surface area (Å²) in [6, 6.07) is 10.2. The van der Waals surface area contributed by atoms with Crippen molar-refractivity contribution in [1.29, 1.82) is 0 Å². The van der Waals surface area contributed by atoms with Gasteiger partial charge < -0.3 is 4.74 Å². The van der Waals surface area contributed by atoms with Crippen molar-refractivity contribution in [3.63, 3.8) is 0 Å². The van der Waals surface area contributed by atoms with Crippen molar-refractivity contribution in [2.24, 2.45) is 0 Å². The van der Waals surface area contributed by atoms with Gasteiger partial charge in [0.1, 0.15) is 5.78 Å². The van der Waals surface area contributed by atoms with Crippen molar-refractivity contribution >= 4 is 5.78 Å². The van der Waals surface area contributed by atoms with Gasteiger partial charge in [0.15, 0.2) is 0 Å². The van der Waals surface area contributed by atoms with Crippen LogP contribution in [0.1, 0.15) is 51.5 Å². The minimum atomic E-state index is -0.326. The van der Waals surface area contributed by atoms with Crippen LogP contribution in [0.15, 0.2) is 30.3 Å². The van der Waals surface area contributed by atoms with Gasteiger partial charge in [0, 0.05) is 13.0 Å². The summed E-state index contributed by atoms with van der Waals surface area (Å²) >= 11 is 0. The van der Waals surface area contributed by atoms with Crippen molar-refractivity contribution in [3.8, 4) is 0 Å². The van der Waals surface area contributed by atoms with Crippen molar-refractivity contribution in [2.75, 3.05) is 6.61 Å². The van der Waals surface area contributed by atoms with Crippen LogP contribution in [-0.4, -0.2) is 18.5 Å². The Bertz CT molecular complexity index is 401. The van der Waals surface area contributed by atoms with E-state index in [-0.39, 0.29) is 11.5 Å². The Morgan fingerprint density at radius 3 is 2.47 bits per heavy atom. The number of Topliss-reactive ketones (excluding diaryl/α,β-unsaturated/α-hetero) is 1. The van der Waals surface area contributed by atoms with Crippen LogP contribution in [0.4, 0.5) is 0 Å². The van der Waals surface area contributed by atoms with E-state index in [1.807, 2.05) is 18.2 Å². The van der Waals surface area contributed by atoms with Gasteiger partial charge in [-0.3, -0.25) is 4.79 Å². The van der Waals surface area contributed by atoms with Crippen LogP contribution in [0.5, 0.6) is 0 Å². The van der Waals surface area contributed by atoms with Crippen LogP contribution in [0, 0.1) is 0 Å². The first kappa shape index (κ1) is 14.3. The molecule has 0 radical (unpaired) electrons. The minimum absolute atomic E-state index is 0.147. The van der Waals surface area contributed by atoms with Gasteiger partial charge in [-0.05, 0) is 31.2 Å². The molecule has 1 atom stereocenters. The molecule has 2 nitrogen and oxygen atoms in total. The monoisotopic (exact) mass is 260 g/mol. The molecule has 0 saturated carbocycles. The number of benzene rings is 1. The molecule has 0 amide bonds. The van der Waals surface area contributed by atoms with Gasteiger partial charge >= 0.3 is 0 Å². The first-order chi connectivity index (χ1) is 9.23. The summed E-state index contributed by atoms with van der Waals surface area (Å²) in [4.78, 5) is 12.8. The van der Waals surface area contributed by atoms with Gasteiger partial charge in [0.25, 0.3) is 0 Å². The van der Waals surface area contributed by atoms with E-state index in [1.54, 1.807) is 0 Å². The quantitative estimate of drug-likeness (QED) is 0.776. The van der Waals surface area contributed by atoms with Crippen LogP contribution in [0.3, 0.4) is 0 Å². The molecule has 2 rings (SSSR count). The predicted octanol–water partition coefficient (Wildman–Crippen LogP) is 3.88. The van der Waals surface area contributed by atoms with Gasteiger partial charge in [-0.2, -0.15) is 0 Å². The molecule has 104 valence electrons. The van der Waals surface area contributed by atoms with E-state index in [2.05, 4.69) is 26.0 Å². The summed E-state index contributed by atoms with van der Waals surface area (Å²) in [7, 11) is 0. The number of carbonyl (C=O) groups is 1. The molecule has 1 unspecified atom stereocenters. The minimum Gasteiger partial charge on any atom is -0.378 e. The summed E-state index contributed by atoms with van der Waals surface area (Å²) in [5, 5.41) is 0. The summed E-state index contributed by atoms with van der Waals surface area (Å²) in [5.74, 6) is 0.343. The number of hydrogen-bond donors (Lipinski definition) is 0. The third-order valence-corrected chi connectivity index (χ3v) is 4.50. The van der Waals surface area contributed by atoms with E-state index in [4.69, 9.17) is 4.74 Å². The number of ketones is 1. The van der Waals surface area contributed by atoms with Gasteiger partial charge in [0.05, 0.1) is 11.5 Å². The maximum atomic E-state index is 12.8. The molecule has 1 fully saturated rings. The van der Waals surface area contributed by atoms with E-state index in [1.165, 1.54) is 0 Å². The third-order valence-electron chi connectivity index (χ3n) is 4.50. The molecule has 0 N–H and O–H groups in total. The molecule has 1 aromatic rings. The second kappa shape index (κ2) is 6.33. The lowest BCUT2D eigenvalue weighted by Gasteiger charge is -2.31. The lowest BCUT2D eigenvalue weighted by molar-refractivity contribution is -0.127. The van der Waals surface area contributed by atoms with Gasteiger partial charge in [-0.15, -0.1) is 0 Å². The first-order valence-electron chi connectivity index (χ1n) is 7.43. The first-order valence-corrected chi connectivity index (χ1v) is 7.43. The second-order valence-corrected chi connectivity index (χ2v) is 5.42. The third kappa shape index (κ3) is 2.89. The van der Waals surface area contributed by atoms with Crippen molar-refractivity contribution in [3.05, 3.63) is 35.9 Å². The average Bonchev–Trinajstić information content (AvgIpc) is 2.95. The van der Waals surface area contributed by atoms with Crippen molar-refractivity contribution < 1.29 is 9.53 Å². The maximum absolute atomic E-state index is 12.8.